The Bertz CT molecular complexity index is 575. The number of aromatic nitrogens is 1. The van der Waals surface area contributed by atoms with Gasteiger partial charge in [0.15, 0.2) is 0 Å². The minimum Gasteiger partial charge on any atom is -0.497 e. The summed E-state index contributed by atoms with van der Waals surface area (Å²) in [5.41, 5.74) is 1.07. The fraction of sp³-hybridized carbons (Fsp3) is 0.214. The Morgan fingerprint density at radius 3 is 2.56 bits per heavy atom. The highest BCUT2D eigenvalue weighted by Gasteiger charge is 1.99. The molecule has 0 bridgehead atoms. The number of thioether (sulfide) groups is 1. The third-order valence-corrected chi connectivity index (χ3v) is 3.72. The van der Waals surface area contributed by atoms with E-state index in [-0.39, 0.29) is 5.56 Å². The van der Waals surface area contributed by atoms with Crippen LogP contribution in [0.25, 0.3) is 0 Å². The molecule has 4 heteroatoms. The molecule has 0 spiro atoms. The third kappa shape index (κ3) is 3.17. The second-order valence-electron chi connectivity index (χ2n) is 3.95. The molecule has 18 heavy (non-hydrogen) atoms. The molecule has 0 fully saturated rings. The van der Waals surface area contributed by atoms with Crippen LogP contribution >= 0.6 is 11.8 Å². The first-order valence-electron chi connectivity index (χ1n) is 5.61. The van der Waals surface area contributed by atoms with Crippen molar-refractivity contribution in [1.82, 2.24) is 4.57 Å². The lowest BCUT2D eigenvalue weighted by atomic mass is 10.3. The number of benzene rings is 1. The van der Waals surface area contributed by atoms with Gasteiger partial charge in [0.2, 0.25) is 0 Å². The van der Waals surface area contributed by atoms with Crippen molar-refractivity contribution in [2.24, 2.45) is 7.05 Å². The molecule has 0 aliphatic carbocycles. The van der Waals surface area contributed by atoms with Crippen LogP contribution in [0.5, 0.6) is 5.75 Å². The molecule has 3 nitrogen and oxygen atoms in total. The fourth-order valence-electron chi connectivity index (χ4n) is 1.52. The molecular formula is C14H15NO2S. The first-order valence-corrected chi connectivity index (χ1v) is 6.60. The van der Waals surface area contributed by atoms with Gasteiger partial charge in [-0.1, -0.05) is 0 Å². The number of aryl methyl sites for hydroxylation is 1. The zero-order chi connectivity index (χ0) is 13.0. The first-order chi connectivity index (χ1) is 8.69. The van der Waals surface area contributed by atoms with Crippen LogP contribution < -0.4 is 10.3 Å². The van der Waals surface area contributed by atoms with Crippen molar-refractivity contribution in [3.63, 3.8) is 0 Å². The van der Waals surface area contributed by atoms with Crippen molar-refractivity contribution < 1.29 is 4.74 Å². The maximum Gasteiger partial charge on any atom is 0.250 e. The Morgan fingerprint density at radius 1 is 1.22 bits per heavy atom. The molecule has 0 saturated heterocycles. The van der Waals surface area contributed by atoms with Crippen LogP contribution in [0.15, 0.2) is 52.3 Å². The summed E-state index contributed by atoms with van der Waals surface area (Å²) in [7, 11) is 3.41. The fourth-order valence-corrected chi connectivity index (χ4v) is 2.36. The van der Waals surface area contributed by atoms with Gasteiger partial charge in [0.25, 0.3) is 5.56 Å². The third-order valence-electron chi connectivity index (χ3n) is 2.63. The summed E-state index contributed by atoms with van der Waals surface area (Å²) in [4.78, 5) is 12.6. The van der Waals surface area contributed by atoms with Crippen molar-refractivity contribution in [2.75, 3.05) is 7.11 Å². The van der Waals surface area contributed by atoms with Crippen molar-refractivity contribution >= 4 is 11.8 Å². The lowest BCUT2D eigenvalue weighted by molar-refractivity contribution is 0.414. The van der Waals surface area contributed by atoms with Crippen molar-refractivity contribution in [3.8, 4) is 5.75 Å². The highest BCUT2D eigenvalue weighted by atomic mass is 32.2. The van der Waals surface area contributed by atoms with E-state index in [1.807, 2.05) is 30.3 Å². The van der Waals surface area contributed by atoms with Crippen molar-refractivity contribution in [1.29, 1.82) is 0 Å². The van der Waals surface area contributed by atoms with E-state index in [0.29, 0.717) is 0 Å². The summed E-state index contributed by atoms with van der Waals surface area (Å²) >= 11 is 1.70. The SMILES string of the molecule is COc1ccc(SCc2ccn(C)c(=O)c2)cc1. The Labute approximate surface area is 110 Å². The molecule has 1 aromatic carbocycles. The summed E-state index contributed by atoms with van der Waals surface area (Å²) in [6.45, 7) is 0. The summed E-state index contributed by atoms with van der Waals surface area (Å²) in [6.07, 6.45) is 1.80. The van der Waals surface area contributed by atoms with E-state index < -0.39 is 0 Å². The number of rotatable bonds is 4. The molecule has 2 aromatic rings. The molecule has 2 rings (SSSR count). The van der Waals surface area contributed by atoms with Gasteiger partial charge in [-0.05, 0) is 35.9 Å². The molecule has 0 amide bonds. The lowest BCUT2D eigenvalue weighted by Crippen LogP contribution is -2.14. The highest BCUT2D eigenvalue weighted by Crippen LogP contribution is 2.24. The molecule has 0 atom stereocenters. The second kappa shape index (κ2) is 5.78. The summed E-state index contributed by atoms with van der Waals surface area (Å²) in [5, 5.41) is 0. The first kappa shape index (κ1) is 12.8. The van der Waals surface area contributed by atoms with Crippen LogP contribution in [0.1, 0.15) is 5.56 Å². The van der Waals surface area contributed by atoms with E-state index in [1.165, 1.54) is 0 Å². The van der Waals surface area contributed by atoms with Gasteiger partial charge in [0.1, 0.15) is 5.75 Å². The van der Waals surface area contributed by atoms with Gasteiger partial charge in [0.05, 0.1) is 7.11 Å². The van der Waals surface area contributed by atoms with E-state index in [9.17, 15) is 4.79 Å². The van der Waals surface area contributed by atoms with Gasteiger partial charge in [-0.15, -0.1) is 11.8 Å². The average Bonchev–Trinajstić information content (AvgIpc) is 2.41. The summed E-state index contributed by atoms with van der Waals surface area (Å²) < 4.78 is 6.68. The lowest BCUT2D eigenvalue weighted by Gasteiger charge is -2.04. The Hall–Kier alpha value is -1.68. The van der Waals surface area contributed by atoms with Crippen molar-refractivity contribution in [3.05, 3.63) is 58.5 Å². The van der Waals surface area contributed by atoms with Crippen LogP contribution in [0.2, 0.25) is 0 Å². The minimum atomic E-state index is 0.0304. The molecule has 94 valence electrons. The monoisotopic (exact) mass is 261 g/mol. The highest BCUT2D eigenvalue weighted by molar-refractivity contribution is 7.98. The van der Waals surface area contributed by atoms with Crippen LogP contribution in [0, 0.1) is 0 Å². The molecular weight excluding hydrogens is 246 g/mol. The van der Waals surface area contributed by atoms with Gasteiger partial charge < -0.3 is 9.30 Å². The second-order valence-corrected chi connectivity index (χ2v) is 5.00. The van der Waals surface area contributed by atoms with Crippen LogP contribution in [0.3, 0.4) is 0 Å². The van der Waals surface area contributed by atoms with E-state index in [2.05, 4.69) is 0 Å². The average molecular weight is 261 g/mol. The van der Waals surface area contributed by atoms with Crippen LogP contribution in [-0.4, -0.2) is 11.7 Å². The number of ether oxygens (including phenoxy) is 1. The zero-order valence-corrected chi connectivity index (χ0v) is 11.2. The molecule has 1 heterocycles. The summed E-state index contributed by atoms with van der Waals surface area (Å²) in [6, 6.07) is 11.6. The number of hydrogen-bond donors (Lipinski definition) is 0. The van der Waals surface area contributed by atoms with Gasteiger partial charge in [0, 0.05) is 30.0 Å². The topological polar surface area (TPSA) is 31.2 Å². The molecule has 0 radical (unpaired) electrons. The summed E-state index contributed by atoms with van der Waals surface area (Å²) in [5.74, 6) is 1.65. The van der Waals surface area contributed by atoms with Gasteiger partial charge in [-0.2, -0.15) is 0 Å². The van der Waals surface area contributed by atoms with E-state index >= 15 is 0 Å². The van der Waals surface area contributed by atoms with Crippen LogP contribution in [-0.2, 0) is 12.8 Å². The van der Waals surface area contributed by atoms with E-state index in [1.54, 1.807) is 42.7 Å². The standard InChI is InChI=1S/C14H15NO2S/c1-15-8-7-11(9-14(15)16)10-18-13-5-3-12(17-2)4-6-13/h3-9H,10H2,1-2H3. The number of hydrogen-bond acceptors (Lipinski definition) is 3. The molecule has 1 aromatic heterocycles. The maximum absolute atomic E-state index is 11.5. The predicted octanol–water partition coefficient (Wildman–Crippen LogP) is 2.69. The van der Waals surface area contributed by atoms with Gasteiger partial charge in [-0.25, -0.2) is 0 Å². The molecule has 0 aliphatic rings. The van der Waals surface area contributed by atoms with Gasteiger partial charge in [-0.3, -0.25) is 4.79 Å². The van der Waals surface area contributed by atoms with Gasteiger partial charge >= 0.3 is 0 Å². The Balaban J connectivity index is 2.02. The molecule has 0 unspecified atom stereocenters. The maximum atomic E-state index is 11.5. The van der Waals surface area contributed by atoms with Crippen LogP contribution in [0.4, 0.5) is 0 Å². The van der Waals surface area contributed by atoms with E-state index in [0.717, 1.165) is 22.0 Å². The molecule has 0 saturated carbocycles. The predicted molar refractivity (Wildman–Crippen MR) is 74.2 cm³/mol. The Morgan fingerprint density at radius 2 is 1.94 bits per heavy atom. The molecule has 0 aliphatic heterocycles. The van der Waals surface area contributed by atoms with E-state index in [4.69, 9.17) is 4.74 Å². The van der Waals surface area contributed by atoms with Crippen molar-refractivity contribution in [2.45, 2.75) is 10.6 Å². The number of pyridine rings is 1. The largest absolute Gasteiger partial charge is 0.497 e. The zero-order valence-electron chi connectivity index (χ0n) is 10.4. The Kier molecular flexibility index (Phi) is 4.10. The quantitative estimate of drug-likeness (QED) is 0.793. The minimum absolute atomic E-state index is 0.0304. The normalized spacial score (nSPS) is 10.3. The molecule has 0 N–H and O–H groups in total. The number of nitrogens with zero attached hydrogens (tertiary/aromatic N) is 1. The smallest absolute Gasteiger partial charge is 0.250 e. The number of methoxy groups -OCH3 is 1.